The van der Waals surface area contributed by atoms with Gasteiger partial charge in [-0.2, -0.15) is 0 Å². The lowest BCUT2D eigenvalue weighted by atomic mass is 9.93. The summed E-state index contributed by atoms with van der Waals surface area (Å²) < 4.78 is 0. The molecule has 4 nitrogen and oxygen atoms in total. The Morgan fingerprint density at radius 1 is 1.25 bits per heavy atom. The minimum atomic E-state index is -0.908. The maximum atomic E-state index is 11.9. The molecule has 0 fully saturated rings. The van der Waals surface area contributed by atoms with Crippen molar-refractivity contribution in [2.45, 2.75) is 47.1 Å². The van der Waals surface area contributed by atoms with Gasteiger partial charge in [-0.25, -0.2) is 4.79 Å². The molecule has 0 aromatic heterocycles. The second-order valence-corrected chi connectivity index (χ2v) is 6.09. The van der Waals surface area contributed by atoms with E-state index in [2.05, 4.69) is 10.6 Å². The average Bonchev–Trinajstić information content (AvgIpc) is 2.31. The largest absolute Gasteiger partial charge is 0.388 e. The van der Waals surface area contributed by atoms with Crippen LogP contribution in [0.25, 0.3) is 0 Å². The molecule has 1 aromatic rings. The topological polar surface area (TPSA) is 61.4 Å². The Morgan fingerprint density at radius 2 is 1.75 bits per heavy atom. The Hall–Kier alpha value is -1.55. The molecule has 4 heteroatoms. The van der Waals surface area contributed by atoms with Gasteiger partial charge in [-0.15, -0.1) is 0 Å². The summed E-state index contributed by atoms with van der Waals surface area (Å²) in [4.78, 5) is 11.9. The first-order valence-electron chi connectivity index (χ1n) is 6.98. The van der Waals surface area contributed by atoms with Crippen molar-refractivity contribution < 1.29 is 9.90 Å². The Kier molecular flexibility index (Phi) is 5.17. The first-order chi connectivity index (χ1) is 9.13. The number of urea groups is 1. The summed E-state index contributed by atoms with van der Waals surface area (Å²) in [6, 6.07) is 3.78. The van der Waals surface area contributed by atoms with Crippen molar-refractivity contribution in [3.8, 4) is 0 Å². The van der Waals surface area contributed by atoms with Crippen molar-refractivity contribution in [3.05, 3.63) is 28.8 Å². The number of nitrogens with one attached hydrogen (secondary N) is 2. The van der Waals surface area contributed by atoms with E-state index in [1.54, 1.807) is 6.92 Å². The quantitative estimate of drug-likeness (QED) is 0.792. The van der Waals surface area contributed by atoms with E-state index in [9.17, 15) is 9.90 Å². The Morgan fingerprint density at radius 3 is 2.20 bits per heavy atom. The number of carbonyl (C=O) groups is 1. The fourth-order valence-corrected chi connectivity index (χ4v) is 2.00. The molecule has 112 valence electrons. The molecule has 0 aliphatic heterocycles. The lowest BCUT2D eigenvalue weighted by Crippen LogP contribution is -2.45. The predicted molar refractivity (Wildman–Crippen MR) is 83.1 cm³/mol. The van der Waals surface area contributed by atoms with Gasteiger partial charge in [0.2, 0.25) is 0 Å². The van der Waals surface area contributed by atoms with Crippen LogP contribution in [0.2, 0.25) is 0 Å². The number of amides is 2. The van der Waals surface area contributed by atoms with Crippen LogP contribution in [0, 0.1) is 26.7 Å². The molecule has 0 heterocycles. The van der Waals surface area contributed by atoms with Gasteiger partial charge in [-0.1, -0.05) is 31.5 Å². The van der Waals surface area contributed by atoms with E-state index in [-0.39, 0.29) is 18.5 Å². The van der Waals surface area contributed by atoms with Crippen molar-refractivity contribution in [2.75, 3.05) is 11.9 Å². The molecule has 1 rings (SSSR count). The van der Waals surface area contributed by atoms with Gasteiger partial charge in [-0.05, 0) is 44.7 Å². The van der Waals surface area contributed by atoms with Crippen LogP contribution in [0.15, 0.2) is 12.1 Å². The highest BCUT2D eigenvalue weighted by Crippen LogP contribution is 2.22. The average molecular weight is 278 g/mol. The molecule has 2 amide bonds. The summed E-state index contributed by atoms with van der Waals surface area (Å²) in [5, 5.41) is 15.7. The van der Waals surface area contributed by atoms with Crippen LogP contribution in [0.4, 0.5) is 10.5 Å². The second-order valence-electron chi connectivity index (χ2n) is 6.09. The summed E-state index contributed by atoms with van der Waals surface area (Å²) in [6.45, 7) is 11.8. The van der Waals surface area contributed by atoms with Gasteiger partial charge < -0.3 is 15.7 Å². The lowest BCUT2D eigenvalue weighted by molar-refractivity contribution is 0.0170. The summed E-state index contributed by atoms with van der Waals surface area (Å²) >= 11 is 0. The standard InChI is InChI=1S/C16H26N2O2/c1-10(2)16(6,20)9-17-15(19)18-14-12(4)7-11(3)8-13(14)5/h7-8,10,20H,9H2,1-6H3,(H2,17,18,19). The van der Waals surface area contributed by atoms with E-state index < -0.39 is 5.60 Å². The number of anilines is 1. The van der Waals surface area contributed by atoms with Crippen LogP contribution in [-0.4, -0.2) is 23.3 Å². The number of aliphatic hydroxyl groups is 1. The molecule has 1 aromatic carbocycles. The molecule has 0 aliphatic rings. The summed E-state index contributed by atoms with van der Waals surface area (Å²) in [5.74, 6) is 0.0747. The van der Waals surface area contributed by atoms with Gasteiger partial charge >= 0.3 is 6.03 Å². The second kappa shape index (κ2) is 6.27. The molecule has 1 unspecified atom stereocenters. The third-order valence-corrected chi connectivity index (χ3v) is 3.77. The lowest BCUT2D eigenvalue weighted by Gasteiger charge is -2.28. The first kappa shape index (κ1) is 16.5. The number of aryl methyl sites for hydroxylation is 3. The molecule has 0 bridgehead atoms. The third-order valence-electron chi connectivity index (χ3n) is 3.77. The number of hydrogen-bond acceptors (Lipinski definition) is 2. The molecule has 1 atom stereocenters. The molecule has 20 heavy (non-hydrogen) atoms. The van der Waals surface area contributed by atoms with Gasteiger partial charge in [0.05, 0.1) is 5.60 Å². The SMILES string of the molecule is Cc1cc(C)c(NC(=O)NCC(C)(O)C(C)C)c(C)c1. The summed E-state index contributed by atoms with van der Waals surface area (Å²) in [6.07, 6.45) is 0. The van der Waals surface area contributed by atoms with E-state index in [1.165, 1.54) is 5.56 Å². The Balaban J connectivity index is 2.69. The molecular formula is C16H26N2O2. The normalized spacial score (nSPS) is 14.0. The van der Waals surface area contributed by atoms with Crippen LogP contribution < -0.4 is 10.6 Å². The van der Waals surface area contributed by atoms with E-state index in [1.807, 2.05) is 46.8 Å². The van der Waals surface area contributed by atoms with Crippen LogP contribution in [0.5, 0.6) is 0 Å². The van der Waals surface area contributed by atoms with Crippen molar-refractivity contribution in [1.82, 2.24) is 5.32 Å². The van der Waals surface area contributed by atoms with E-state index >= 15 is 0 Å². The smallest absolute Gasteiger partial charge is 0.319 e. The van der Waals surface area contributed by atoms with Gasteiger partial charge in [0.1, 0.15) is 0 Å². The van der Waals surface area contributed by atoms with E-state index in [0.29, 0.717) is 0 Å². The van der Waals surface area contributed by atoms with Crippen LogP contribution in [0.3, 0.4) is 0 Å². The van der Waals surface area contributed by atoms with Crippen molar-refractivity contribution in [2.24, 2.45) is 5.92 Å². The predicted octanol–water partition coefficient (Wildman–Crippen LogP) is 3.14. The van der Waals surface area contributed by atoms with Crippen molar-refractivity contribution >= 4 is 11.7 Å². The number of rotatable bonds is 4. The summed E-state index contributed by atoms with van der Waals surface area (Å²) in [5.41, 5.74) is 3.17. The highest BCUT2D eigenvalue weighted by atomic mass is 16.3. The zero-order valence-corrected chi connectivity index (χ0v) is 13.3. The minimum absolute atomic E-state index is 0.0747. The molecule has 0 spiro atoms. The van der Waals surface area contributed by atoms with Crippen molar-refractivity contribution in [1.29, 1.82) is 0 Å². The fraction of sp³-hybridized carbons (Fsp3) is 0.562. The number of carbonyl (C=O) groups excluding carboxylic acids is 1. The minimum Gasteiger partial charge on any atom is -0.388 e. The highest BCUT2D eigenvalue weighted by molar-refractivity contribution is 5.91. The third kappa shape index (κ3) is 4.23. The van der Waals surface area contributed by atoms with Crippen LogP contribution in [-0.2, 0) is 0 Å². The zero-order valence-electron chi connectivity index (χ0n) is 13.3. The van der Waals surface area contributed by atoms with Gasteiger partial charge in [0.15, 0.2) is 0 Å². The molecular weight excluding hydrogens is 252 g/mol. The first-order valence-corrected chi connectivity index (χ1v) is 6.98. The van der Waals surface area contributed by atoms with Gasteiger partial charge in [0.25, 0.3) is 0 Å². The van der Waals surface area contributed by atoms with Crippen LogP contribution in [0.1, 0.15) is 37.5 Å². The fourth-order valence-electron chi connectivity index (χ4n) is 2.00. The van der Waals surface area contributed by atoms with E-state index in [4.69, 9.17) is 0 Å². The van der Waals surface area contributed by atoms with Crippen molar-refractivity contribution in [3.63, 3.8) is 0 Å². The monoisotopic (exact) mass is 278 g/mol. The summed E-state index contributed by atoms with van der Waals surface area (Å²) in [7, 11) is 0. The molecule has 0 saturated carbocycles. The number of hydrogen-bond donors (Lipinski definition) is 3. The van der Waals surface area contributed by atoms with Gasteiger partial charge in [-0.3, -0.25) is 0 Å². The molecule has 3 N–H and O–H groups in total. The molecule has 0 aliphatic carbocycles. The molecule has 0 saturated heterocycles. The number of benzene rings is 1. The highest BCUT2D eigenvalue weighted by Gasteiger charge is 2.25. The van der Waals surface area contributed by atoms with Crippen LogP contribution >= 0.6 is 0 Å². The van der Waals surface area contributed by atoms with E-state index in [0.717, 1.165) is 16.8 Å². The maximum Gasteiger partial charge on any atom is 0.319 e. The Labute approximate surface area is 121 Å². The zero-order chi connectivity index (χ0) is 15.5. The Bertz CT molecular complexity index is 470. The molecule has 0 radical (unpaired) electrons. The maximum absolute atomic E-state index is 11.9. The van der Waals surface area contributed by atoms with Gasteiger partial charge in [0, 0.05) is 12.2 Å².